The molecule has 1 aromatic carbocycles. The lowest BCUT2D eigenvalue weighted by atomic mass is 10.1. The van der Waals surface area contributed by atoms with Crippen LogP contribution in [-0.4, -0.2) is 23.5 Å². The van der Waals surface area contributed by atoms with Crippen LogP contribution in [-0.2, 0) is 9.53 Å². The predicted molar refractivity (Wildman–Crippen MR) is 87.0 cm³/mol. The summed E-state index contributed by atoms with van der Waals surface area (Å²) in [5.41, 5.74) is 1.36. The van der Waals surface area contributed by atoms with Crippen LogP contribution >= 0.6 is 11.3 Å². The number of thiazole rings is 1. The average Bonchev–Trinajstić information content (AvgIpc) is 2.92. The quantitative estimate of drug-likeness (QED) is 0.824. The highest BCUT2D eigenvalue weighted by Crippen LogP contribution is 2.31. The molecule has 1 N–H and O–H groups in total. The van der Waals surface area contributed by atoms with E-state index in [1.165, 1.54) is 0 Å². The van der Waals surface area contributed by atoms with Gasteiger partial charge in [0.15, 0.2) is 5.13 Å². The molecule has 0 aliphatic heterocycles. The normalized spacial score (nSPS) is 10.3. The van der Waals surface area contributed by atoms with E-state index < -0.39 is 5.97 Å². The van der Waals surface area contributed by atoms with E-state index in [9.17, 15) is 9.59 Å². The van der Waals surface area contributed by atoms with Gasteiger partial charge in [0, 0.05) is 12.0 Å². The summed E-state index contributed by atoms with van der Waals surface area (Å²) in [5.74, 6) is -0.527. The lowest BCUT2D eigenvalue weighted by Crippen LogP contribution is -2.10. The third kappa shape index (κ3) is 3.92. The number of carbonyl (C=O) groups is 2. The Morgan fingerprint density at radius 2 is 1.95 bits per heavy atom. The molecule has 2 aromatic rings. The van der Waals surface area contributed by atoms with E-state index >= 15 is 0 Å². The number of benzene rings is 1. The van der Waals surface area contributed by atoms with Gasteiger partial charge < -0.3 is 10.1 Å². The summed E-state index contributed by atoms with van der Waals surface area (Å²) < 4.78 is 5.07. The van der Waals surface area contributed by atoms with Crippen molar-refractivity contribution < 1.29 is 14.3 Å². The molecule has 0 radical (unpaired) electrons. The summed E-state index contributed by atoms with van der Waals surface area (Å²) in [6.45, 7) is 3.98. The first kappa shape index (κ1) is 16.2. The highest BCUT2D eigenvalue weighted by molar-refractivity contribution is 7.18. The van der Waals surface area contributed by atoms with Crippen molar-refractivity contribution in [2.75, 3.05) is 11.9 Å². The number of hydrogen-bond acceptors (Lipinski definition) is 5. The first-order valence-corrected chi connectivity index (χ1v) is 8.00. The van der Waals surface area contributed by atoms with E-state index in [-0.39, 0.29) is 5.91 Å². The molecule has 6 heteroatoms. The summed E-state index contributed by atoms with van der Waals surface area (Å²) in [6.07, 6.45) is 1.18. The van der Waals surface area contributed by atoms with Crippen LogP contribution in [0.15, 0.2) is 30.3 Å². The molecule has 0 atom stereocenters. The fraction of sp³-hybridized carbons (Fsp3) is 0.312. The van der Waals surface area contributed by atoms with Gasteiger partial charge in [-0.3, -0.25) is 4.79 Å². The van der Waals surface area contributed by atoms with E-state index in [0.29, 0.717) is 28.7 Å². The highest BCUT2D eigenvalue weighted by atomic mass is 32.1. The molecule has 116 valence electrons. The van der Waals surface area contributed by atoms with Gasteiger partial charge in [0.25, 0.3) is 0 Å². The molecule has 5 nitrogen and oxygen atoms in total. The number of esters is 1. The smallest absolute Gasteiger partial charge is 0.350 e. The Kier molecular flexibility index (Phi) is 5.66. The number of aromatic nitrogens is 1. The first-order valence-electron chi connectivity index (χ1n) is 7.18. The van der Waals surface area contributed by atoms with Crippen molar-refractivity contribution in [1.82, 2.24) is 4.98 Å². The predicted octanol–water partition coefficient (Wildman–Crippen LogP) is 3.73. The number of anilines is 1. The van der Waals surface area contributed by atoms with E-state index in [1.54, 1.807) is 6.92 Å². The van der Waals surface area contributed by atoms with Crippen molar-refractivity contribution in [3.05, 3.63) is 35.2 Å². The van der Waals surface area contributed by atoms with Crippen molar-refractivity contribution in [3.63, 3.8) is 0 Å². The molecular formula is C16H18N2O3S. The van der Waals surface area contributed by atoms with Crippen LogP contribution in [0.2, 0.25) is 0 Å². The average molecular weight is 318 g/mol. The van der Waals surface area contributed by atoms with Crippen LogP contribution in [0.25, 0.3) is 11.3 Å². The zero-order valence-electron chi connectivity index (χ0n) is 12.6. The van der Waals surface area contributed by atoms with Crippen LogP contribution in [0.4, 0.5) is 5.13 Å². The molecule has 1 heterocycles. The second-order valence-electron chi connectivity index (χ2n) is 4.58. The number of ether oxygens (including phenoxy) is 1. The van der Waals surface area contributed by atoms with Gasteiger partial charge in [0.2, 0.25) is 5.91 Å². The Hall–Kier alpha value is -2.21. The number of carbonyl (C=O) groups excluding carboxylic acids is 2. The Balaban J connectivity index is 2.35. The van der Waals surface area contributed by atoms with E-state index in [2.05, 4.69) is 10.3 Å². The van der Waals surface area contributed by atoms with Crippen LogP contribution in [0, 0.1) is 0 Å². The molecule has 22 heavy (non-hydrogen) atoms. The Morgan fingerprint density at radius 1 is 1.23 bits per heavy atom. The lowest BCUT2D eigenvalue weighted by molar-refractivity contribution is -0.116. The van der Waals surface area contributed by atoms with E-state index in [0.717, 1.165) is 23.3 Å². The minimum Gasteiger partial charge on any atom is -0.462 e. The number of hydrogen-bond donors (Lipinski definition) is 1. The molecule has 0 aliphatic carbocycles. The molecule has 1 amide bonds. The fourth-order valence-corrected chi connectivity index (χ4v) is 2.81. The van der Waals surface area contributed by atoms with Crippen LogP contribution < -0.4 is 5.32 Å². The molecule has 0 spiro atoms. The molecule has 0 saturated heterocycles. The van der Waals surface area contributed by atoms with Gasteiger partial charge in [-0.15, -0.1) is 0 Å². The molecule has 2 rings (SSSR count). The summed E-state index contributed by atoms with van der Waals surface area (Å²) >= 11 is 1.14. The second-order valence-corrected chi connectivity index (χ2v) is 5.58. The zero-order valence-corrected chi connectivity index (χ0v) is 13.4. The molecule has 0 saturated carbocycles. The highest BCUT2D eigenvalue weighted by Gasteiger charge is 2.21. The Labute approximate surface area is 133 Å². The number of amides is 1. The van der Waals surface area contributed by atoms with Gasteiger partial charge in [-0.2, -0.15) is 0 Å². The van der Waals surface area contributed by atoms with E-state index in [1.807, 2.05) is 37.3 Å². The van der Waals surface area contributed by atoms with Gasteiger partial charge in [-0.1, -0.05) is 48.6 Å². The SMILES string of the molecule is CCCC(=O)Nc1nc(-c2ccccc2)c(C(=O)OCC)s1. The number of rotatable bonds is 6. The molecule has 0 bridgehead atoms. The van der Waals surface area contributed by atoms with Crippen molar-refractivity contribution in [3.8, 4) is 11.3 Å². The minimum atomic E-state index is -0.421. The Bertz CT molecular complexity index is 653. The van der Waals surface area contributed by atoms with Gasteiger partial charge in [-0.05, 0) is 13.3 Å². The molecule has 0 unspecified atom stereocenters. The van der Waals surface area contributed by atoms with Gasteiger partial charge in [-0.25, -0.2) is 9.78 Å². The van der Waals surface area contributed by atoms with Crippen molar-refractivity contribution in [1.29, 1.82) is 0 Å². The lowest BCUT2D eigenvalue weighted by Gasteiger charge is -2.01. The number of nitrogens with zero attached hydrogens (tertiary/aromatic N) is 1. The summed E-state index contributed by atoms with van der Waals surface area (Å²) in [5, 5.41) is 3.15. The number of nitrogens with one attached hydrogen (secondary N) is 1. The molecular weight excluding hydrogens is 300 g/mol. The molecule has 0 aliphatic rings. The third-order valence-corrected chi connectivity index (χ3v) is 3.81. The maximum absolute atomic E-state index is 12.1. The molecule has 1 aromatic heterocycles. The Morgan fingerprint density at radius 3 is 2.59 bits per heavy atom. The maximum Gasteiger partial charge on any atom is 0.350 e. The summed E-state index contributed by atoms with van der Waals surface area (Å²) in [7, 11) is 0. The standard InChI is InChI=1S/C16H18N2O3S/c1-3-8-12(19)17-16-18-13(11-9-6-5-7-10-11)14(22-16)15(20)21-4-2/h5-7,9-10H,3-4,8H2,1-2H3,(H,17,18,19). The van der Waals surface area contributed by atoms with Crippen molar-refractivity contribution >= 4 is 28.3 Å². The zero-order chi connectivity index (χ0) is 15.9. The fourth-order valence-electron chi connectivity index (χ4n) is 1.91. The van der Waals surface area contributed by atoms with Crippen molar-refractivity contribution in [2.45, 2.75) is 26.7 Å². The third-order valence-electron chi connectivity index (χ3n) is 2.86. The second kappa shape index (κ2) is 7.70. The molecule has 0 fully saturated rings. The summed E-state index contributed by atoms with van der Waals surface area (Å²) in [6, 6.07) is 9.38. The van der Waals surface area contributed by atoms with Crippen LogP contribution in [0.1, 0.15) is 36.4 Å². The largest absolute Gasteiger partial charge is 0.462 e. The maximum atomic E-state index is 12.1. The summed E-state index contributed by atoms with van der Waals surface area (Å²) in [4.78, 5) is 28.6. The van der Waals surface area contributed by atoms with Gasteiger partial charge in [0.05, 0.1) is 12.3 Å². The van der Waals surface area contributed by atoms with Crippen LogP contribution in [0.3, 0.4) is 0 Å². The van der Waals surface area contributed by atoms with Crippen molar-refractivity contribution in [2.24, 2.45) is 0 Å². The monoisotopic (exact) mass is 318 g/mol. The van der Waals surface area contributed by atoms with E-state index in [4.69, 9.17) is 4.74 Å². The minimum absolute atomic E-state index is 0.105. The first-order chi connectivity index (χ1) is 10.7. The van der Waals surface area contributed by atoms with Gasteiger partial charge in [0.1, 0.15) is 4.88 Å². The topological polar surface area (TPSA) is 68.3 Å². The van der Waals surface area contributed by atoms with Crippen LogP contribution in [0.5, 0.6) is 0 Å². The van der Waals surface area contributed by atoms with Gasteiger partial charge >= 0.3 is 5.97 Å².